The molecule has 0 N–H and O–H groups in total. The van der Waals surface area contributed by atoms with Gasteiger partial charge in [0.15, 0.2) is 0 Å². The molecule has 0 radical (unpaired) electrons. The number of halogens is 1. The van der Waals surface area contributed by atoms with E-state index in [1.165, 1.54) is 16.7 Å². The zero-order valence-corrected chi connectivity index (χ0v) is 20.0. The van der Waals surface area contributed by atoms with Crippen molar-refractivity contribution in [3.05, 3.63) is 68.8 Å². The van der Waals surface area contributed by atoms with Gasteiger partial charge in [0.2, 0.25) is 5.95 Å². The summed E-state index contributed by atoms with van der Waals surface area (Å²) in [6, 6.07) is 8.50. The number of aromatic nitrogens is 2. The van der Waals surface area contributed by atoms with E-state index in [0.29, 0.717) is 41.2 Å². The highest BCUT2D eigenvalue weighted by atomic mass is 32.2. The number of benzene rings is 2. The molecule has 0 fully saturated rings. The Morgan fingerprint density at radius 1 is 1.16 bits per heavy atom. The monoisotopic (exact) mass is 454 g/mol. The second-order valence-corrected chi connectivity index (χ2v) is 11.2. The van der Waals surface area contributed by atoms with Crippen LogP contribution in [0.3, 0.4) is 0 Å². The number of aryl methyl sites for hydroxylation is 1. The standard InChI is InChI=1S/C24H27FN4O2S/c1-14-9-19(15(2)27-32(31)24(3,4)5)21-20(10-14)22(30)28(6)23(26-21)29-12-16-7-8-18(25)11-17(16)13-29/h7-11H,12-13H2,1-6H3. The largest absolute Gasteiger partial charge is 0.333 e. The predicted molar refractivity (Wildman–Crippen MR) is 128 cm³/mol. The van der Waals surface area contributed by atoms with Gasteiger partial charge in [0.1, 0.15) is 16.8 Å². The van der Waals surface area contributed by atoms with Crippen LogP contribution in [0, 0.1) is 12.7 Å². The molecule has 1 aliphatic heterocycles. The lowest BCUT2D eigenvalue weighted by molar-refractivity contribution is 0.626. The lowest BCUT2D eigenvalue weighted by atomic mass is 10.0. The van der Waals surface area contributed by atoms with Crippen LogP contribution in [0.1, 0.15) is 49.9 Å². The summed E-state index contributed by atoms with van der Waals surface area (Å²) < 4.78 is 31.8. The van der Waals surface area contributed by atoms with E-state index in [0.717, 1.165) is 16.7 Å². The van der Waals surface area contributed by atoms with Crippen molar-refractivity contribution in [1.29, 1.82) is 0 Å². The summed E-state index contributed by atoms with van der Waals surface area (Å²) in [5.74, 6) is 0.233. The van der Waals surface area contributed by atoms with Crippen molar-refractivity contribution < 1.29 is 8.60 Å². The highest BCUT2D eigenvalue weighted by molar-refractivity contribution is 7.85. The fraction of sp³-hybridized carbons (Fsp3) is 0.375. The summed E-state index contributed by atoms with van der Waals surface area (Å²) in [6.45, 7) is 10.3. The average Bonchev–Trinajstić information content (AvgIpc) is 3.12. The number of nitrogens with zero attached hydrogens (tertiary/aromatic N) is 4. The summed E-state index contributed by atoms with van der Waals surface area (Å²) in [7, 11) is 0.267. The van der Waals surface area contributed by atoms with Gasteiger partial charge in [-0.05, 0) is 75.6 Å². The fourth-order valence-corrected chi connectivity index (χ4v) is 4.50. The molecular formula is C24H27FN4O2S. The Morgan fingerprint density at radius 2 is 1.84 bits per heavy atom. The normalized spacial score (nSPS) is 15.3. The number of rotatable bonds is 3. The lowest BCUT2D eigenvalue weighted by Crippen LogP contribution is -2.28. The maximum absolute atomic E-state index is 13.7. The molecule has 2 aromatic carbocycles. The van der Waals surface area contributed by atoms with E-state index in [1.807, 2.05) is 44.7 Å². The molecule has 168 valence electrons. The van der Waals surface area contributed by atoms with Gasteiger partial charge in [-0.1, -0.05) is 6.07 Å². The minimum Gasteiger partial charge on any atom is -0.333 e. The van der Waals surface area contributed by atoms with Crippen LogP contribution in [0.2, 0.25) is 0 Å². The molecule has 32 heavy (non-hydrogen) atoms. The molecule has 0 bridgehead atoms. The van der Waals surface area contributed by atoms with E-state index >= 15 is 0 Å². The first kappa shape index (κ1) is 22.3. The van der Waals surface area contributed by atoms with Crippen molar-refractivity contribution in [1.82, 2.24) is 9.55 Å². The molecule has 4 rings (SSSR count). The Hall–Kier alpha value is -2.87. The number of hydrogen-bond acceptors (Lipinski definition) is 4. The first-order valence-electron chi connectivity index (χ1n) is 10.5. The Balaban J connectivity index is 1.88. The maximum Gasteiger partial charge on any atom is 0.262 e. The molecule has 0 saturated heterocycles. The lowest BCUT2D eigenvalue weighted by Gasteiger charge is -2.21. The summed E-state index contributed by atoms with van der Waals surface area (Å²) in [5.41, 5.74) is 4.44. The zero-order valence-electron chi connectivity index (χ0n) is 19.2. The van der Waals surface area contributed by atoms with Crippen molar-refractivity contribution in [3.63, 3.8) is 0 Å². The fourth-order valence-electron chi connectivity index (χ4n) is 3.88. The number of anilines is 1. The molecule has 1 aliphatic rings. The molecule has 2 heterocycles. The number of fused-ring (bicyclic) bond motifs is 2. The predicted octanol–water partition coefficient (Wildman–Crippen LogP) is 4.17. The zero-order chi connectivity index (χ0) is 23.4. The van der Waals surface area contributed by atoms with Crippen molar-refractivity contribution in [3.8, 4) is 0 Å². The van der Waals surface area contributed by atoms with E-state index in [4.69, 9.17) is 4.98 Å². The molecule has 8 heteroatoms. The van der Waals surface area contributed by atoms with Crippen molar-refractivity contribution in [2.45, 2.75) is 52.5 Å². The summed E-state index contributed by atoms with van der Waals surface area (Å²) in [6.07, 6.45) is 0. The van der Waals surface area contributed by atoms with Crippen LogP contribution >= 0.6 is 0 Å². The van der Waals surface area contributed by atoms with Crippen molar-refractivity contribution in [2.75, 3.05) is 4.90 Å². The van der Waals surface area contributed by atoms with E-state index in [2.05, 4.69) is 4.40 Å². The number of hydrogen-bond donors (Lipinski definition) is 0. The average molecular weight is 455 g/mol. The Morgan fingerprint density at radius 3 is 2.53 bits per heavy atom. The molecule has 1 aromatic heterocycles. The van der Waals surface area contributed by atoms with Crippen LogP contribution in [-0.4, -0.2) is 24.2 Å². The van der Waals surface area contributed by atoms with E-state index in [9.17, 15) is 13.4 Å². The highest BCUT2D eigenvalue weighted by Crippen LogP contribution is 2.29. The Labute approximate surface area is 189 Å². The second kappa shape index (κ2) is 7.92. The molecule has 0 saturated carbocycles. The Kier molecular flexibility index (Phi) is 5.53. The van der Waals surface area contributed by atoms with Crippen LogP contribution in [0.4, 0.5) is 10.3 Å². The van der Waals surface area contributed by atoms with Gasteiger partial charge in [0.05, 0.1) is 21.4 Å². The molecule has 0 spiro atoms. The van der Waals surface area contributed by atoms with Crippen LogP contribution < -0.4 is 10.5 Å². The molecule has 0 amide bonds. The third-order valence-electron chi connectivity index (χ3n) is 5.61. The van der Waals surface area contributed by atoms with Crippen LogP contribution in [-0.2, 0) is 31.1 Å². The van der Waals surface area contributed by atoms with Gasteiger partial charge >= 0.3 is 0 Å². The van der Waals surface area contributed by atoms with Crippen LogP contribution in [0.25, 0.3) is 10.9 Å². The van der Waals surface area contributed by atoms with Gasteiger partial charge in [0, 0.05) is 25.7 Å². The van der Waals surface area contributed by atoms with E-state index < -0.39 is 15.7 Å². The summed E-state index contributed by atoms with van der Waals surface area (Å²) in [4.78, 5) is 20.1. The first-order valence-corrected chi connectivity index (χ1v) is 11.6. The molecule has 1 unspecified atom stereocenters. The minimum atomic E-state index is -1.43. The first-order chi connectivity index (χ1) is 15.0. The highest BCUT2D eigenvalue weighted by Gasteiger charge is 2.25. The SMILES string of the molecule is CC(=NS(=O)C(C)(C)C)c1cc(C)cc2c(=O)n(C)c(N3Cc4ccc(F)cc4C3)nc12. The third kappa shape index (κ3) is 3.99. The quantitative estimate of drug-likeness (QED) is 0.557. The van der Waals surface area contributed by atoms with Crippen molar-refractivity contribution in [2.24, 2.45) is 11.4 Å². The van der Waals surface area contributed by atoms with Gasteiger partial charge in [-0.25, -0.2) is 13.6 Å². The van der Waals surface area contributed by atoms with Crippen LogP contribution in [0.5, 0.6) is 0 Å². The van der Waals surface area contributed by atoms with Gasteiger partial charge in [-0.2, -0.15) is 4.40 Å². The molecule has 3 aromatic rings. The Bertz CT molecular complexity index is 1350. The maximum atomic E-state index is 13.7. The third-order valence-corrected chi connectivity index (χ3v) is 7.10. The molecule has 6 nitrogen and oxygen atoms in total. The minimum absolute atomic E-state index is 0.165. The molecule has 1 atom stereocenters. The van der Waals surface area contributed by atoms with Gasteiger partial charge in [-0.3, -0.25) is 9.36 Å². The second-order valence-electron chi connectivity index (χ2n) is 9.29. The van der Waals surface area contributed by atoms with Crippen LogP contribution in [0.15, 0.2) is 39.5 Å². The smallest absolute Gasteiger partial charge is 0.262 e. The van der Waals surface area contributed by atoms with Gasteiger partial charge in [-0.15, -0.1) is 0 Å². The van der Waals surface area contributed by atoms with Gasteiger partial charge < -0.3 is 4.90 Å². The van der Waals surface area contributed by atoms with E-state index in [1.54, 1.807) is 20.0 Å². The van der Waals surface area contributed by atoms with Gasteiger partial charge in [0.25, 0.3) is 5.56 Å². The topological polar surface area (TPSA) is 67.6 Å². The summed E-state index contributed by atoms with van der Waals surface area (Å²) >= 11 is 0. The van der Waals surface area contributed by atoms with Crippen molar-refractivity contribution >= 4 is 33.5 Å². The summed E-state index contributed by atoms with van der Waals surface area (Å²) in [5, 5.41) is 0.491. The molecular weight excluding hydrogens is 427 g/mol. The van der Waals surface area contributed by atoms with E-state index in [-0.39, 0.29) is 11.4 Å². The molecule has 0 aliphatic carbocycles.